The van der Waals surface area contributed by atoms with Gasteiger partial charge >= 0.3 is 0 Å². The van der Waals surface area contributed by atoms with E-state index in [1.165, 1.54) is 6.92 Å². The van der Waals surface area contributed by atoms with Gasteiger partial charge in [0.05, 0.1) is 6.61 Å². The summed E-state index contributed by atoms with van der Waals surface area (Å²) in [5.74, 6) is 0.0202. The van der Waals surface area contributed by atoms with E-state index in [0.29, 0.717) is 17.2 Å². The molecule has 0 saturated heterocycles. The van der Waals surface area contributed by atoms with Crippen molar-refractivity contribution in [1.29, 1.82) is 0 Å². The van der Waals surface area contributed by atoms with Crippen molar-refractivity contribution in [1.82, 2.24) is 0 Å². The Morgan fingerprint density at radius 2 is 2.00 bits per heavy atom. The monoisotopic (exact) mass is 224 g/mol. The summed E-state index contributed by atoms with van der Waals surface area (Å²) in [4.78, 5) is 11.2. The highest BCUT2D eigenvalue weighted by molar-refractivity contribution is 6.30. The maximum absolute atomic E-state index is 11.2. The van der Waals surface area contributed by atoms with Crippen LogP contribution in [0.15, 0.2) is 29.8 Å². The lowest BCUT2D eigenvalue weighted by Crippen LogP contribution is -2.03. The molecule has 0 aliphatic heterocycles. The molecule has 0 unspecified atom stereocenters. The number of Topliss-reactive ketones (excluding diaryl/α,β-unsaturated/α-hetero) is 1. The largest absolute Gasteiger partial charge is 0.380 e. The quantitative estimate of drug-likeness (QED) is 0.735. The summed E-state index contributed by atoms with van der Waals surface area (Å²) in [7, 11) is 1.57. The molecule has 80 valence electrons. The molecule has 1 rings (SSSR count). The molecule has 0 radical (unpaired) electrons. The van der Waals surface area contributed by atoms with Crippen molar-refractivity contribution in [3.63, 3.8) is 0 Å². The van der Waals surface area contributed by atoms with Crippen molar-refractivity contribution in [3.05, 3.63) is 40.4 Å². The van der Waals surface area contributed by atoms with Gasteiger partial charge in [0.25, 0.3) is 0 Å². The van der Waals surface area contributed by atoms with Gasteiger partial charge in [0, 0.05) is 17.7 Å². The number of carbonyl (C=O) groups excluding carboxylic acids is 1. The molecule has 0 amide bonds. The van der Waals surface area contributed by atoms with Crippen LogP contribution in [0.4, 0.5) is 0 Å². The highest BCUT2D eigenvalue weighted by Gasteiger charge is 2.02. The highest BCUT2D eigenvalue weighted by Crippen LogP contribution is 2.13. The maximum Gasteiger partial charge on any atom is 0.158 e. The fourth-order valence-corrected chi connectivity index (χ4v) is 1.29. The van der Waals surface area contributed by atoms with E-state index in [-0.39, 0.29) is 5.78 Å². The third-order valence-corrected chi connectivity index (χ3v) is 2.21. The summed E-state index contributed by atoms with van der Waals surface area (Å²) < 4.78 is 4.95. The second kappa shape index (κ2) is 5.69. The number of methoxy groups -OCH3 is 1. The molecular weight excluding hydrogens is 212 g/mol. The van der Waals surface area contributed by atoms with Crippen LogP contribution in [0, 0.1) is 0 Å². The number of ether oxygens (including phenoxy) is 1. The summed E-state index contributed by atoms with van der Waals surface area (Å²) >= 11 is 5.76. The normalized spacial score (nSPS) is 11.5. The Bertz CT molecular complexity index is 366. The average molecular weight is 225 g/mol. The van der Waals surface area contributed by atoms with Crippen molar-refractivity contribution in [3.8, 4) is 0 Å². The number of halogens is 1. The number of benzene rings is 1. The Kier molecular flexibility index (Phi) is 4.53. The standard InChI is InChI=1S/C12H13ClO2/c1-9(14)11(8-15-2)7-10-3-5-12(13)6-4-10/h3-7H,8H2,1-2H3/b11-7+. The van der Waals surface area contributed by atoms with Gasteiger partial charge in [0.2, 0.25) is 0 Å². The molecule has 0 fully saturated rings. The van der Waals surface area contributed by atoms with Gasteiger partial charge in [-0.2, -0.15) is 0 Å². The first-order valence-corrected chi connectivity index (χ1v) is 4.97. The third kappa shape index (κ3) is 3.86. The molecule has 0 N–H and O–H groups in total. The molecule has 1 aromatic rings. The van der Waals surface area contributed by atoms with Gasteiger partial charge in [-0.15, -0.1) is 0 Å². The maximum atomic E-state index is 11.2. The van der Waals surface area contributed by atoms with Crippen molar-refractivity contribution in [2.75, 3.05) is 13.7 Å². The second-order valence-electron chi connectivity index (χ2n) is 3.21. The minimum Gasteiger partial charge on any atom is -0.380 e. The summed E-state index contributed by atoms with van der Waals surface area (Å²) in [6.07, 6.45) is 1.81. The topological polar surface area (TPSA) is 26.3 Å². The van der Waals surface area contributed by atoms with Crippen molar-refractivity contribution >= 4 is 23.5 Å². The SMILES string of the molecule is COC/C(=C\c1ccc(Cl)cc1)C(C)=O. The molecule has 15 heavy (non-hydrogen) atoms. The van der Waals surface area contributed by atoms with E-state index in [9.17, 15) is 4.79 Å². The van der Waals surface area contributed by atoms with E-state index >= 15 is 0 Å². The van der Waals surface area contributed by atoms with E-state index in [4.69, 9.17) is 16.3 Å². The third-order valence-electron chi connectivity index (χ3n) is 1.96. The van der Waals surface area contributed by atoms with E-state index in [0.717, 1.165) is 5.56 Å². The Morgan fingerprint density at radius 3 is 2.47 bits per heavy atom. The number of ketones is 1. The molecular formula is C12H13ClO2. The van der Waals surface area contributed by atoms with E-state index in [1.807, 2.05) is 18.2 Å². The molecule has 0 spiro atoms. The fourth-order valence-electron chi connectivity index (χ4n) is 1.16. The molecule has 0 atom stereocenters. The van der Waals surface area contributed by atoms with Crippen LogP contribution in [0.1, 0.15) is 12.5 Å². The van der Waals surface area contributed by atoms with E-state index in [2.05, 4.69) is 0 Å². The lowest BCUT2D eigenvalue weighted by molar-refractivity contribution is -0.114. The van der Waals surface area contributed by atoms with Gasteiger partial charge in [-0.25, -0.2) is 0 Å². The Labute approximate surface area is 94.5 Å². The zero-order chi connectivity index (χ0) is 11.3. The molecule has 0 aliphatic rings. The van der Waals surface area contributed by atoms with Crippen LogP contribution in [0.25, 0.3) is 6.08 Å². The molecule has 2 nitrogen and oxygen atoms in total. The van der Waals surface area contributed by atoms with Crippen molar-refractivity contribution in [2.24, 2.45) is 0 Å². The summed E-state index contributed by atoms with van der Waals surface area (Å²) in [5.41, 5.74) is 1.60. The van der Waals surface area contributed by atoms with Crippen LogP contribution in [-0.2, 0) is 9.53 Å². The van der Waals surface area contributed by atoms with Crippen LogP contribution in [-0.4, -0.2) is 19.5 Å². The number of hydrogen-bond acceptors (Lipinski definition) is 2. The van der Waals surface area contributed by atoms with Gasteiger partial charge in [-0.1, -0.05) is 23.7 Å². The van der Waals surface area contributed by atoms with Gasteiger partial charge < -0.3 is 4.74 Å². The van der Waals surface area contributed by atoms with E-state index in [1.54, 1.807) is 19.2 Å². The minimum atomic E-state index is 0.0202. The number of carbonyl (C=O) groups is 1. The molecule has 0 saturated carbocycles. The predicted molar refractivity (Wildman–Crippen MR) is 62.0 cm³/mol. The first-order chi connectivity index (χ1) is 7.13. The van der Waals surface area contributed by atoms with Crippen LogP contribution >= 0.6 is 11.6 Å². The molecule has 3 heteroatoms. The molecule has 0 aliphatic carbocycles. The summed E-state index contributed by atoms with van der Waals surface area (Å²) in [6, 6.07) is 7.30. The molecule has 1 aromatic carbocycles. The van der Waals surface area contributed by atoms with Crippen LogP contribution < -0.4 is 0 Å². The summed E-state index contributed by atoms with van der Waals surface area (Å²) in [6.45, 7) is 1.86. The van der Waals surface area contributed by atoms with Gasteiger partial charge in [-0.3, -0.25) is 4.79 Å². The first-order valence-electron chi connectivity index (χ1n) is 4.59. The lowest BCUT2D eigenvalue weighted by atomic mass is 10.1. The first kappa shape index (κ1) is 12.0. The molecule has 0 aromatic heterocycles. The molecule has 0 bridgehead atoms. The number of rotatable bonds is 4. The predicted octanol–water partition coefficient (Wildman–Crippen LogP) is 2.96. The smallest absolute Gasteiger partial charge is 0.158 e. The van der Waals surface area contributed by atoms with Crippen molar-refractivity contribution < 1.29 is 9.53 Å². The van der Waals surface area contributed by atoms with Gasteiger partial charge in [0.15, 0.2) is 5.78 Å². The second-order valence-corrected chi connectivity index (χ2v) is 3.65. The minimum absolute atomic E-state index is 0.0202. The number of hydrogen-bond donors (Lipinski definition) is 0. The van der Waals surface area contributed by atoms with Crippen LogP contribution in [0.3, 0.4) is 0 Å². The zero-order valence-electron chi connectivity index (χ0n) is 8.79. The zero-order valence-corrected chi connectivity index (χ0v) is 9.54. The highest BCUT2D eigenvalue weighted by atomic mass is 35.5. The Balaban J connectivity index is 2.91. The van der Waals surface area contributed by atoms with Gasteiger partial charge in [0.1, 0.15) is 0 Å². The van der Waals surface area contributed by atoms with Crippen molar-refractivity contribution in [2.45, 2.75) is 6.92 Å². The van der Waals surface area contributed by atoms with Crippen LogP contribution in [0.2, 0.25) is 5.02 Å². The lowest BCUT2D eigenvalue weighted by Gasteiger charge is -2.02. The Morgan fingerprint density at radius 1 is 1.40 bits per heavy atom. The fraction of sp³-hybridized carbons (Fsp3) is 0.250. The van der Waals surface area contributed by atoms with Gasteiger partial charge in [-0.05, 0) is 30.7 Å². The van der Waals surface area contributed by atoms with Crippen LogP contribution in [0.5, 0.6) is 0 Å². The average Bonchev–Trinajstić information content (AvgIpc) is 2.20. The Hall–Kier alpha value is -1.12. The molecule has 0 heterocycles. The summed E-state index contributed by atoms with van der Waals surface area (Å²) in [5, 5.41) is 0.684. The van der Waals surface area contributed by atoms with E-state index < -0.39 is 0 Å².